The van der Waals surface area contributed by atoms with Crippen LogP contribution in [0.3, 0.4) is 0 Å². The van der Waals surface area contributed by atoms with E-state index in [1.807, 2.05) is 0 Å². The van der Waals surface area contributed by atoms with Crippen molar-refractivity contribution in [1.82, 2.24) is 10.6 Å². The van der Waals surface area contributed by atoms with E-state index in [0.717, 1.165) is 18.6 Å². The van der Waals surface area contributed by atoms with Crippen molar-refractivity contribution < 1.29 is 4.70 Å². The molecule has 6 heteroatoms. The van der Waals surface area contributed by atoms with Gasteiger partial charge in [-0.2, -0.15) is 0 Å². The zero-order valence-electron chi connectivity index (χ0n) is 6.75. The molecule has 0 aromatic heterocycles. The zero-order valence-corrected chi connectivity index (χ0v) is 7.56. The van der Waals surface area contributed by atoms with Crippen molar-refractivity contribution in [2.24, 2.45) is 5.73 Å². The van der Waals surface area contributed by atoms with Crippen LogP contribution >= 0.6 is 12.2 Å². The molecule has 2 atom stereocenters. The molecule has 0 aromatic carbocycles. The summed E-state index contributed by atoms with van der Waals surface area (Å²) >= 11 is 5.05. The SMILES string of the molecule is NCC1CC(NCB=O)C(=S)N1. The number of nitrogens with one attached hydrogen (secondary N) is 2. The second kappa shape index (κ2) is 4.64. The monoisotopic (exact) mass is 185 g/mol. The molecule has 0 bridgehead atoms. The standard InChI is InChI=1S/C6H12BN3OS/c8-2-4-1-5(6(12)10-4)9-3-7-11/h4-5,9H,1-3,8H2,(H,10,12). The third-order valence-corrected chi connectivity index (χ3v) is 2.32. The normalized spacial score (nSPS) is 28.2. The number of nitrogens with two attached hydrogens (primary N) is 1. The van der Waals surface area contributed by atoms with Crippen LogP contribution in [0, 0.1) is 0 Å². The first kappa shape index (κ1) is 9.76. The number of hydrogen-bond donors (Lipinski definition) is 3. The first-order valence-electron chi connectivity index (χ1n) is 3.95. The third-order valence-electron chi connectivity index (χ3n) is 1.92. The fourth-order valence-corrected chi connectivity index (χ4v) is 1.62. The molecule has 1 rings (SSSR count). The van der Waals surface area contributed by atoms with Gasteiger partial charge in [0.15, 0.2) is 0 Å². The summed E-state index contributed by atoms with van der Waals surface area (Å²) in [6.07, 6.45) is 1.23. The van der Waals surface area contributed by atoms with Crippen molar-refractivity contribution in [2.45, 2.75) is 18.5 Å². The quantitative estimate of drug-likeness (QED) is 0.371. The molecular formula is C6H12BN3OS. The van der Waals surface area contributed by atoms with E-state index in [0.29, 0.717) is 13.0 Å². The molecule has 0 aliphatic carbocycles. The van der Waals surface area contributed by atoms with Crippen LogP contribution in [0.15, 0.2) is 0 Å². The summed E-state index contributed by atoms with van der Waals surface area (Å²) in [7, 11) is 0.832. The maximum absolute atomic E-state index is 10.1. The Labute approximate surface area is 77.5 Å². The molecule has 66 valence electrons. The third kappa shape index (κ3) is 2.33. The Hall–Kier alpha value is -0.325. The van der Waals surface area contributed by atoms with E-state index >= 15 is 0 Å². The molecule has 4 nitrogen and oxygen atoms in total. The molecule has 0 spiro atoms. The van der Waals surface area contributed by atoms with Crippen molar-refractivity contribution in [2.75, 3.05) is 13.0 Å². The molecule has 0 radical (unpaired) electrons. The Morgan fingerprint density at radius 2 is 2.58 bits per heavy atom. The van der Waals surface area contributed by atoms with Crippen LogP contribution in [0.5, 0.6) is 0 Å². The number of rotatable bonds is 4. The molecule has 1 heterocycles. The van der Waals surface area contributed by atoms with Gasteiger partial charge in [-0.25, -0.2) is 0 Å². The average molecular weight is 185 g/mol. The minimum atomic E-state index is 0.124. The van der Waals surface area contributed by atoms with E-state index < -0.39 is 0 Å². The summed E-state index contributed by atoms with van der Waals surface area (Å²) in [4.78, 5) is 0.771. The van der Waals surface area contributed by atoms with Gasteiger partial charge in [-0.05, 0) is 0 Å². The average Bonchev–Trinajstić information content (AvgIpc) is 2.43. The van der Waals surface area contributed by atoms with E-state index in [1.165, 1.54) is 0 Å². The molecule has 1 aliphatic heterocycles. The molecule has 1 fully saturated rings. The number of thiocarbonyl (C=S) groups is 1. The van der Waals surface area contributed by atoms with Crippen LogP contribution in [-0.2, 0) is 4.70 Å². The predicted octanol–water partition coefficient (Wildman–Crippen LogP) is -1.40. The molecule has 4 N–H and O–H groups in total. The second-order valence-electron chi connectivity index (χ2n) is 2.80. The van der Waals surface area contributed by atoms with E-state index in [9.17, 15) is 4.70 Å². The molecule has 12 heavy (non-hydrogen) atoms. The van der Waals surface area contributed by atoms with Gasteiger partial charge in [-0.1, -0.05) is 0 Å². The first-order valence-corrected chi connectivity index (χ1v) is 4.36. The Kier molecular flexibility index (Phi) is 3.77. The Morgan fingerprint density at radius 1 is 1.83 bits per heavy atom. The molecule has 1 aliphatic rings. The van der Waals surface area contributed by atoms with Crippen molar-refractivity contribution in [3.8, 4) is 0 Å². The predicted molar refractivity (Wildman–Crippen MR) is 51.4 cm³/mol. The topological polar surface area (TPSA) is 67.1 Å². The summed E-state index contributed by atoms with van der Waals surface area (Å²) in [5, 5.41) is 6.11. The summed E-state index contributed by atoms with van der Waals surface area (Å²) in [5.74, 6) is 0. The second-order valence-corrected chi connectivity index (χ2v) is 3.24. The molecular weight excluding hydrogens is 173 g/mol. The van der Waals surface area contributed by atoms with Gasteiger partial charge in [0.25, 0.3) is 0 Å². The van der Waals surface area contributed by atoms with Crippen LogP contribution < -0.4 is 16.4 Å². The molecule has 2 unspecified atom stereocenters. The zero-order chi connectivity index (χ0) is 8.97. The Morgan fingerprint density at radius 3 is 3.08 bits per heavy atom. The van der Waals surface area contributed by atoms with Gasteiger partial charge in [-0.15, -0.1) is 0 Å². The van der Waals surface area contributed by atoms with Gasteiger partial charge in [0, 0.05) is 0 Å². The molecule has 0 aromatic rings. The summed E-state index contributed by atoms with van der Waals surface area (Å²) < 4.78 is 10.1. The Bertz CT molecular complexity index is 190. The van der Waals surface area contributed by atoms with Crippen molar-refractivity contribution in [3.63, 3.8) is 0 Å². The Balaban J connectivity index is 2.35. The number of hydrogen-bond acceptors (Lipinski definition) is 4. The van der Waals surface area contributed by atoms with Gasteiger partial charge < -0.3 is 0 Å². The van der Waals surface area contributed by atoms with Crippen molar-refractivity contribution >= 4 is 24.4 Å². The van der Waals surface area contributed by atoms with Gasteiger partial charge in [0.2, 0.25) is 0 Å². The van der Waals surface area contributed by atoms with Gasteiger partial charge in [0.1, 0.15) is 0 Å². The van der Waals surface area contributed by atoms with E-state index in [4.69, 9.17) is 18.0 Å². The van der Waals surface area contributed by atoms with Crippen LogP contribution in [0.25, 0.3) is 0 Å². The summed E-state index contributed by atoms with van der Waals surface area (Å²) in [6.45, 7) is 0.583. The van der Waals surface area contributed by atoms with Gasteiger partial charge in [0.05, 0.1) is 0 Å². The maximum atomic E-state index is 10.1. The van der Waals surface area contributed by atoms with Crippen molar-refractivity contribution in [1.29, 1.82) is 0 Å². The van der Waals surface area contributed by atoms with E-state index in [2.05, 4.69) is 10.6 Å². The van der Waals surface area contributed by atoms with Gasteiger partial charge >= 0.3 is 76.9 Å². The van der Waals surface area contributed by atoms with Gasteiger partial charge in [-0.3, -0.25) is 0 Å². The fourth-order valence-electron chi connectivity index (χ4n) is 1.27. The molecule has 1 saturated heterocycles. The van der Waals surface area contributed by atoms with Crippen LogP contribution in [-0.4, -0.2) is 37.2 Å². The minimum absolute atomic E-state index is 0.124. The van der Waals surface area contributed by atoms with E-state index in [-0.39, 0.29) is 12.1 Å². The fraction of sp³-hybridized carbons (Fsp3) is 0.833. The molecule has 0 amide bonds. The first-order chi connectivity index (χ1) is 5.77. The summed E-state index contributed by atoms with van der Waals surface area (Å²) in [6, 6.07) is 0.389. The van der Waals surface area contributed by atoms with E-state index in [1.54, 1.807) is 0 Å². The van der Waals surface area contributed by atoms with Crippen LogP contribution in [0.4, 0.5) is 0 Å². The molecule has 0 saturated carbocycles. The van der Waals surface area contributed by atoms with Crippen molar-refractivity contribution in [3.05, 3.63) is 0 Å². The van der Waals surface area contributed by atoms with Crippen LogP contribution in [0.1, 0.15) is 6.42 Å². The summed E-state index contributed by atoms with van der Waals surface area (Å²) in [5.41, 5.74) is 5.47. The van der Waals surface area contributed by atoms with Crippen LogP contribution in [0.2, 0.25) is 0 Å².